The smallest absolute Gasteiger partial charge is 0.317 e. The van der Waals surface area contributed by atoms with Crippen LogP contribution in [-0.2, 0) is 16.0 Å². The first-order valence-electron chi connectivity index (χ1n) is 9.95. The number of carboxylic acid groups (broad SMARTS) is 1. The van der Waals surface area contributed by atoms with Gasteiger partial charge in [0.05, 0.1) is 0 Å². The van der Waals surface area contributed by atoms with Gasteiger partial charge in [-0.3, -0.25) is 4.79 Å². The summed E-state index contributed by atoms with van der Waals surface area (Å²) in [6.45, 7) is 3.11. The second-order valence-corrected chi connectivity index (χ2v) is 7.91. The lowest BCUT2D eigenvalue weighted by molar-refractivity contribution is -0.137. The lowest BCUT2D eigenvalue weighted by Gasteiger charge is -2.45. The van der Waals surface area contributed by atoms with Crippen molar-refractivity contribution in [2.45, 2.75) is 51.0 Å². The van der Waals surface area contributed by atoms with Crippen LogP contribution in [0.4, 0.5) is 4.79 Å². The molecule has 148 valence electrons. The molecule has 2 amide bonds. The first-order valence-corrected chi connectivity index (χ1v) is 9.95. The van der Waals surface area contributed by atoms with Crippen LogP contribution in [-0.4, -0.2) is 54.4 Å². The Morgan fingerprint density at radius 3 is 2.63 bits per heavy atom. The third-order valence-electron chi connectivity index (χ3n) is 5.86. The summed E-state index contributed by atoms with van der Waals surface area (Å²) < 4.78 is 5.50. The van der Waals surface area contributed by atoms with Crippen LogP contribution in [0.15, 0.2) is 30.3 Å². The molecule has 0 radical (unpaired) electrons. The molecule has 1 aromatic carbocycles. The maximum absolute atomic E-state index is 12.9. The van der Waals surface area contributed by atoms with Gasteiger partial charge in [0.1, 0.15) is 0 Å². The van der Waals surface area contributed by atoms with E-state index in [1.807, 2.05) is 35.2 Å². The molecule has 6 heteroatoms. The number of benzene rings is 1. The van der Waals surface area contributed by atoms with Gasteiger partial charge in [-0.25, -0.2) is 4.79 Å². The van der Waals surface area contributed by atoms with Crippen molar-refractivity contribution in [2.75, 3.05) is 26.3 Å². The van der Waals surface area contributed by atoms with Crippen LogP contribution < -0.4 is 5.32 Å². The summed E-state index contributed by atoms with van der Waals surface area (Å²) in [6, 6.07) is 9.66. The minimum absolute atomic E-state index is 0.0546. The molecule has 27 heavy (non-hydrogen) atoms. The van der Waals surface area contributed by atoms with Crippen molar-refractivity contribution in [2.24, 2.45) is 5.41 Å². The highest BCUT2D eigenvalue weighted by molar-refractivity contribution is 5.75. The van der Waals surface area contributed by atoms with Gasteiger partial charge in [0, 0.05) is 38.8 Å². The molecule has 1 aromatic rings. The summed E-state index contributed by atoms with van der Waals surface area (Å²) in [5.41, 5.74) is 1.30. The zero-order valence-electron chi connectivity index (χ0n) is 15.9. The van der Waals surface area contributed by atoms with Crippen LogP contribution in [0.2, 0.25) is 0 Å². The molecule has 2 aliphatic rings. The molecule has 1 atom stereocenters. The molecule has 1 spiro atoms. The zero-order valence-corrected chi connectivity index (χ0v) is 15.9. The second kappa shape index (κ2) is 9.22. The van der Waals surface area contributed by atoms with Gasteiger partial charge in [0.25, 0.3) is 0 Å². The quantitative estimate of drug-likeness (QED) is 0.802. The Kier molecular flexibility index (Phi) is 6.72. The van der Waals surface area contributed by atoms with Crippen LogP contribution >= 0.6 is 0 Å². The molecule has 2 saturated heterocycles. The van der Waals surface area contributed by atoms with Crippen molar-refractivity contribution in [1.29, 1.82) is 0 Å². The van der Waals surface area contributed by atoms with Crippen LogP contribution in [0.25, 0.3) is 0 Å². The SMILES string of the molecule is O=C(O)CCC(Cc1ccccc1)NC(=O)N1CCCC2(CCOCC2)C1. The third-order valence-corrected chi connectivity index (χ3v) is 5.86. The van der Waals surface area contributed by atoms with Crippen LogP contribution in [0, 0.1) is 5.41 Å². The molecule has 6 nitrogen and oxygen atoms in total. The number of aliphatic carboxylic acids is 1. The van der Waals surface area contributed by atoms with Gasteiger partial charge in [0.2, 0.25) is 0 Å². The van der Waals surface area contributed by atoms with Crippen LogP contribution in [0.1, 0.15) is 44.1 Å². The topological polar surface area (TPSA) is 78.9 Å². The Morgan fingerprint density at radius 2 is 1.93 bits per heavy atom. The Morgan fingerprint density at radius 1 is 1.19 bits per heavy atom. The third kappa shape index (κ3) is 5.70. The number of hydrogen-bond donors (Lipinski definition) is 2. The number of ether oxygens (including phenoxy) is 1. The number of rotatable bonds is 6. The number of carbonyl (C=O) groups excluding carboxylic acids is 1. The minimum Gasteiger partial charge on any atom is -0.481 e. The molecule has 3 rings (SSSR count). The van der Waals surface area contributed by atoms with E-state index in [1.54, 1.807) is 0 Å². The van der Waals surface area contributed by atoms with Gasteiger partial charge >= 0.3 is 12.0 Å². The number of amides is 2. The van der Waals surface area contributed by atoms with Crippen molar-refractivity contribution in [3.63, 3.8) is 0 Å². The van der Waals surface area contributed by atoms with Crippen molar-refractivity contribution in [1.82, 2.24) is 10.2 Å². The largest absolute Gasteiger partial charge is 0.481 e. The molecule has 2 aliphatic heterocycles. The van der Waals surface area contributed by atoms with E-state index in [9.17, 15) is 9.59 Å². The van der Waals surface area contributed by atoms with E-state index in [1.165, 1.54) is 0 Å². The molecular weight excluding hydrogens is 344 g/mol. The number of piperidine rings is 1. The number of hydrogen-bond acceptors (Lipinski definition) is 3. The van der Waals surface area contributed by atoms with Gasteiger partial charge in [-0.05, 0) is 49.5 Å². The standard InChI is InChI=1S/C21H30N2O4/c24-19(25)8-7-18(15-17-5-2-1-3-6-17)22-20(26)23-12-4-9-21(16-23)10-13-27-14-11-21/h1-3,5-6,18H,4,7-16H2,(H,22,26)(H,24,25). The van der Waals surface area contributed by atoms with Crippen LogP contribution in [0.3, 0.4) is 0 Å². The van der Waals surface area contributed by atoms with Gasteiger partial charge < -0.3 is 20.1 Å². The fourth-order valence-corrected chi connectivity index (χ4v) is 4.28. The van der Waals surface area contributed by atoms with E-state index >= 15 is 0 Å². The highest BCUT2D eigenvalue weighted by Crippen LogP contribution is 2.39. The monoisotopic (exact) mass is 374 g/mol. The first kappa shape index (κ1) is 19.7. The molecule has 1 unspecified atom stereocenters. The Hall–Kier alpha value is -2.08. The van der Waals surface area contributed by atoms with Gasteiger partial charge in [-0.15, -0.1) is 0 Å². The van der Waals surface area contributed by atoms with E-state index in [0.717, 1.165) is 57.6 Å². The fourth-order valence-electron chi connectivity index (χ4n) is 4.28. The van der Waals surface area contributed by atoms with E-state index in [4.69, 9.17) is 9.84 Å². The summed E-state index contributed by atoms with van der Waals surface area (Å²) in [7, 11) is 0. The highest BCUT2D eigenvalue weighted by atomic mass is 16.5. The minimum atomic E-state index is -0.832. The normalized spacial score (nSPS) is 20.2. The lowest BCUT2D eigenvalue weighted by Crippen LogP contribution is -2.53. The molecule has 0 aliphatic carbocycles. The van der Waals surface area contributed by atoms with E-state index in [-0.39, 0.29) is 23.9 Å². The average molecular weight is 374 g/mol. The predicted octanol–water partition coefficient (Wildman–Crippen LogP) is 3.06. The molecule has 2 N–H and O–H groups in total. The van der Waals surface area contributed by atoms with Crippen molar-refractivity contribution in [3.8, 4) is 0 Å². The summed E-state index contributed by atoms with van der Waals surface area (Å²) in [5.74, 6) is -0.832. The summed E-state index contributed by atoms with van der Waals surface area (Å²) in [4.78, 5) is 25.8. The maximum Gasteiger partial charge on any atom is 0.317 e. The Bertz CT molecular complexity index is 623. The van der Waals surface area contributed by atoms with Crippen molar-refractivity contribution >= 4 is 12.0 Å². The lowest BCUT2D eigenvalue weighted by atomic mass is 9.74. The maximum atomic E-state index is 12.9. The second-order valence-electron chi connectivity index (χ2n) is 7.91. The number of nitrogens with one attached hydrogen (secondary N) is 1. The molecule has 0 aromatic heterocycles. The molecular formula is C21H30N2O4. The van der Waals surface area contributed by atoms with Crippen LogP contribution in [0.5, 0.6) is 0 Å². The Balaban J connectivity index is 1.61. The zero-order chi connectivity index (χ0) is 19.1. The van der Waals surface area contributed by atoms with Crippen molar-refractivity contribution < 1.29 is 19.4 Å². The number of urea groups is 1. The van der Waals surface area contributed by atoms with Gasteiger partial charge in [-0.2, -0.15) is 0 Å². The summed E-state index contributed by atoms with van der Waals surface area (Å²) in [6.07, 6.45) is 5.35. The highest BCUT2D eigenvalue weighted by Gasteiger charge is 2.38. The number of likely N-dealkylation sites (tertiary alicyclic amines) is 1. The first-order chi connectivity index (χ1) is 13.1. The number of carboxylic acids is 1. The molecule has 0 saturated carbocycles. The van der Waals surface area contributed by atoms with Gasteiger partial charge in [-0.1, -0.05) is 30.3 Å². The summed E-state index contributed by atoms with van der Waals surface area (Å²) >= 11 is 0. The molecule has 0 bridgehead atoms. The Labute approximate surface area is 160 Å². The van der Waals surface area contributed by atoms with E-state index in [0.29, 0.717) is 12.8 Å². The van der Waals surface area contributed by atoms with Crippen molar-refractivity contribution in [3.05, 3.63) is 35.9 Å². The fraction of sp³-hybridized carbons (Fsp3) is 0.619. The molecule has 2 heterocycles. The molecule has 2 fully saturated rings. The van der Waals surface area contributed by atoms with E-state index in [2.05, 4.69) is 5.32 Å². The van der Waals surface area contributed by atoms with E-state index < -0.39 is 5.97 Å². The summed E-state index contributed by atoms with van der Waals surface area (Å²) in [5, 5.41) is 12.1. The van der Waals surface area contributed by atoms with Gasteiger partial charge in [0.15, 0.2) is 0 Å². The average Bonchev–Trinajstić information content (AvgIpc) is 2.67. The number of nitrogens with zero attached hydrogens (tertiary/aromatic N) is 1. The predicted molar refractivity (Wildman–Crippen MR) is 103 cm³/mol. The number of carbonyl (C=O) groups is 2.